The van der Waals surface area contributed by atoms with Crippen LogP contribution in [0.5, 0.6) is 0 Å². The molecule has 1 aromatic rings. The van der Waals surface area contributed by atoms with E-state index in [4.69, 9.17) is 0 Å². The van der Waals surface area contributed by atoms with Crippen molar-refractivity contribution in [2.45, 2.75) is 17.1 Å². The maximum atomic E-state index is 10.7. The molecule has 16 heavy (non-hydrogen) atoms. The maximum Gasteiger partial charge on any atom is 0.0609 e. The summed E-state index contributed by atoms with van der Waals surface area (Å²) in [6.45, 7) is 3.11. The van der Waals surface area contributed by atoms with E-state index < -0.39 is 11.3 Å². The Balaban J connectivity index is 2.41. The number of hydrogen-bond acceptors (Lipinski definition) is 4. The molecule has 1 aliphatic rings. The summed E-state index contributed by atoms with van der Waals surface area (Å²) in [5.41, 5.74) is 1.74. The number of anilines is 2. The lowest BCUT2D eigenvalue weighted by molar-refractivity contribution is 0.542. The lowest BCUT2D eigenvalue weighted by Crippen LogP contribution is -2.29. The molecule has 0 saturated carbocycles. The van der Waals surface area contributed by atoms with Crippen molar-refractivity contribution in [2.75, 3.05) is 23.2 Å². The predicted octanol–water partition coefficient (Wildman–Crippen LogP) is 1.82. The highest BCUT2D eigenvalue weighted by Crippen LogP contribution is 2.42. The summed E-state index contributed by atoms with van der Waals surface area (Å²) in [6, 6.07) is 5.65. The Bertz CT molecular complexity index is 425. The molecule has 1 aliphatic heterocycles. The molecule has 6 heteroatoms. The van der Waals surface area contributed by atoms with E-state index in [2.05, 4.69) is 16.5 Å². The molecule has 0 amide bonds. The Kier molecular flexibility index (Phi) is 3.41. The van der Waals surface area contributed by atoms with E-state index in [9.17, 15) is 8.76 Å². The number of hydrogen-bond donors (Lipinski definition) is 1. The number of fused-ring (bicyclic) bond motifs is 1. The fourth-order valence-electron chi connectivity index (χ4n) is 1.84. The summed E-state index contributed by atoms with van der Waals surface area (Å²) >= 11 is -0.562. The average molecular weight is 257 g/mol. The van der Waals surface area contributed by atoms with Gasteiger partial charge in [-0.3, -0.25) is 4.21 Å². The van der Waals surface area contributed by atoms with Crippen LogP contribution < -0.4 is 9.62 Å². The van der Waals surface area contributed by atoms with Crippen molar-refractivity contribution in [3.05, 3.63) is 18.2 Å². The highest BCUT2D eigenvalue weighted by atomic mass is 32.2. The quantitative estimate of drug-likeness (QED) is 0.821. The van der Waals surface area contributed by atoms with Crippen LogP contribution in [0.3, 0.4) is 0 Å². The molecule has 0 aromatic heterocycles. The second-order valence-electron chi connectivity index (χ2n) is 3.80. The fraction of sp³-hybridized carbons (Fsp3) is 0.400. The lowest BCUT2D eigenvalue weighted by atomic mass is 10.2. The van der Waals surface area contributed by atoms with E-state index in [0.717, 1.165) is 17.1 Å². The second-order valence-corrected chi connectivity index (χ2v) is 5.92. The van der Waals surface area contributed by atoms with Crippen molar-refractivity contribution in [3.63, 3.8) is 0 Å². The van der Waals surface area contributed by atoms with Gasteiger partial charge in [-0.1, -0.05) is 13.0 Å². The van der Waals surface area contributed by atoms with Gasteiger partial charge in [0, 0.05) is 30.1 Å². The molecule has 2 unspecified atom stereocenters. The van der Waals surface area contributed by atoms with Gasteiger partial charge in [0.05, 0.1) is 16.3 Å². The largest absolute Gasteiger partial charge is 0.755 e. The van der Waals surface area contributed by atoms with Gasteiger partial charge in [0.25, 0.3) is 0 Å². The first kappa shape index (κ1) is 11.8. The highest BCUT2D eigenvalue weighted by Gasteiger charge is 2.22. The number of nitrogens with one attached hydrogen (secondary N) is 1. The molecular weight excluding hydrogens is 244 g/mol. The standard InChI is InChI=1S/C10H14N2O2S2/c1-7-6-12(2)9-5-3-4-8(10(9)15-7)11-16(13)14/h3-5,7,11H,6H2,1-2H3,(H,13,14)/p-1. The van der Waals surface area contributed by atoms with Crippen molar-refractivity contribution in [1.29, 1.82) is 0 Å². The average Bonchev–Trinajstić information content (AvgIpc) is 2.18. The fourth-order valence-corrected chi connectivity index (χ4v) is 3.55. The molecule has 0 aliphatic carbocycles. The van der Waals surface area contributed by atoms with Gasteiger partial charge in [0.1, 0.15) is 0 Å². The van der Waals surface area contributed by atoms with E-state index in [1.807, 2.05) is 19.2 Å². The van der Waals surface area contributed by atoms with Crippen LogP contribution in [0.1, 0.15) is 6.92 Å². The van der Waals surface area contributed by atoms with Crippen molar-refractivity contribution in [2.24, 2.45) is 0 Å². The Morgan fingerprint density at radius 3 is 3.06 bits per heavy atom. The third-order valence-corrected chi connectivity index (χ3v) is 4.05. The first-order valence-corrected chi connectivity index (χ1v) is 6.90. The minimum atomic E-state index is -2.27. The molecule has 0 radical (unpaired) electrons. The molecule has 1 aromatic carbocycles. The van der Waals surface area contributed by atoms with Crippen LogP contribution in [0.2, 0.25) is 0 Å². The molecule has 0 bridgehead atoms. The van der Waals surface area contributed by atoms with E-state index >= 15 is 0 Å². The molecule has 0 fully saturated rings. The van der Waals surface area contributed by atoms with E-state index in [0.29, 0.717) is 10.9 Å². The first-order chi connectivity index (χ1) is 7.58. The van der Waals surface area contributed by atoms with Crippen LogP contribution in [0.4, 0.5) is 11.4 Å². The van der Waals surface area contributed by atoms with Gasteiger partial charge in [-0.2, -0.15) is 0 Å². The van der Waals surface area contributed by atoms with Gasteiger partial charge < -0.3 is 14.2 Å². The van der Waals surface area contributed by atoms with Gasteiger partial charge in [-0.25, -0.2) is 0 Å². The van der Waals surface area contributed by atoms with Gasteiger partial charge in [-0.15, -0.1) is 11.8 Å². The Labute approximate surface area is 102 Å². The van der Waals surface area contributed by atoms with Gasteiger partial charge in [0.2, 0.25) is 0 Å². The summed E-state index contributed by atoms with van der Waals surface area (Å²) in [6.07, 6.45) is 0. The number of rotatable bonds is 2. The molecule has 88 valence electrons. The van der Waals surface area contributed by atoms with Crippen molar-refractivity contribution in [3.8, 4) is 0 Å². The molecule has 4 nitrogen and oxygen atoms in total. The highest BCUT2D eigenvalue weighted by molar-refractivity contribution is 8.00. The third kappa shape index (κ3) is 2.34. The zero-order valence-electron chi connectivity index (χ0n) is 9.10. The van der Waals surface area contributed by atoms with Gasteiger partial charge in [-0.05, 0) is 12.1 Å². The summed E-state index contributed by atoms with van der Waals surface area (Å²) in [4.78, 5) is 3.16. The number of thioether (sulfide) groups is 1. The molecule has 2 atom stereocenters. The second kappa shape index (κ2) is 4.65. The van der Waals surface area contributed by atoms with E-state index in [1.165, 1.54) is 0 Å². The Morgan fingerprint density at radius 2 is 2.38 bits per heavy atom. The smallest absolute Gasteiger partial charge is 0.0609 e. The SMILES string of the molecule is CC1CN(C)c2cccc(NS(=O)[O-])c2S1. The molecule has 1 N–H and O–H groups in total. The van der Waals surface area contributed by atoms with Crippen LogP contribution in [0, 0.1) is 0 Å². The van der Waals surface area contributed by atoms with Gasteiger partial charge in [0.15, 0.2) is 0 Å². The van der Waals surface area contributed by atoms with Crippen molar-refractivity contribution >= 4 is 34.4 Å². The van der Waals surface area contributed by atoms with Crippen LogP contribution in [-0.4, -0.2) is 27.6 Å². The monoisotopic (exact) mass is 257 g/mol. The third-order valence-electron chi connectivity index (χ3n) is 2.45. The summed E-state index contributed by atoms with van der Waals surface area (Å²) in [5.74, 6) is 0. The molecule has 1 heterocycles. The summed E-state index contributed by atoms with van der Waals surface area (Å²) in [7, 11) is 2.02. The van der Waals surface area contributed by atoms with Crippen LogP contribution in [0.25, 0.3) is 0 Å². The molecule has 0 saturated heterocycles. The molecule has 2 rings (SSSR count). The van der Waals surface area contributed by atoms with E-state index in [1.54, 1.807) is 17.8 Å². The topological polar surface area (TPSA) is 55.4 Å². The lowest BCUT2D eigenvalue weighted by Gasteiger charge is -2.32. The number of nitrogens with zero attached hydrogens (tertiary/aromatic N) is 1. The predicted molar refractivity (Wildman–Crippen MR) is 67.6 cm³/mol. The van der Waals surface area contributed by atoms with E-state index in [-0.39, 0.29) is 0 Å². The Morgan fingerprint density at radius 1 is 1.62 bits per heavy atom. The Hall–Kier alpha value is -0.720. The van der Waals surface area contributed by atoms with Gasteiger partial charge >= 0.3 is 0 Å². The zero-order chi connectivity index (χ0) is 11.7. The van der Waals surface area contributed by atoms with Crippen LogP contribution >= 0.6 is 11.8 Å². The molecule has 0 spiro atoms. The van der Waals surface area contributed by atoms with Crippen molar-refractivity contribution in [1.82, 2.24) is 0 Å². The zero-order valence-corrected chi connectivity index (χ0v) is 10.7. The number of benzene rings is 1. The summed E-state index contributed by atoms with van der Waals surface area (Å²) < 4.78 is 23.8. The van der Waals surface area contributed by atoms with Crippen LogP contribution in [0.15, 0.2) is 23.1 Å². The molecular formula is C10H13N2O2S2-. The summed E-state index contributed by atoms with van der Waals surface area (Å²) in [5, 5.41) is 0.459. The van der Waals surface area contributed by atoms with Crippen molar-refractivity contribution < 1.29 is 8.76 Å². The van der Waals surface area contributed by atoms with Crippen LogP contribution in [-0.2, 0) is 11.3 Å². The first-order valence-electron chi connectivity index (χ1n) is 4.94. The maximum absolute atomic E-state index is 10.7. The minimum absolute atomic E-state index is 0.459. The minimum Gasteiger partial charge on any atom is -0.755 e. The normalized spacial score (nSPS) is 21.4.